The number of fused-ring (bicyclic) bond motifs is 1. The number of carbonyl (C=O) groups excluding carboxylic acids is 1. The van der Waals surface area contributed by atoms with Crippen LogP contribution in [0.4, 0.5) is 5.82 Å². The van der Waals surface area contributed by atoms with E-state index < -0.39 is 0 Å². The number of thioether (sulfide) groups is 1. The number of aromatic nitrogens is 2. The van der Waals surface area contributed by atoms with E-state index >= 15 is 0 Å². The Morgan fingerprint density at radius 2 is 1.90 bits per heavy atom. The van der Waals surface area contributed by atoms with Gasteiger partial charge in [-0.1, -0.05) is 42.4 Å². The summed E-state index contributed by atoms with van der Waals surface area (Å²) in [5.74, 6) is 1.77. The maximum atomic E-state index is 12.6. The van der Waals surface area contributed by atoms with Crippen LogP contribution in [-0.4, -0.2) is 28.3 Å². The van der Waals surface area contributed by atoms with Crippen molar-refractivity contribution in [2.75, 3.05) is 18.3 Å². The quantitative estimate of drug-likeness (QED) is 0.348. The van der Waals surface area contributed by atoms with Crippen LogP contribution in [0.2, 0.25) is 5.02 Å². The first-order valence-corrected chi connectivity index (χ1v) is 10.4. The van der Waals surface area contributed by atoms with Crippen molar-refractivity contribution in [3.63, 3.8) is 0 Å². The van der Waals surface area contributed by atoms with Crippen LogP contribution in [-0.2, 0) is 6.42 Å². The molecule has 0 saturated heterocycles. The fourth-order valence-corrected chi connectivity index (χ4v) is 3.93. The third kappa shape index (κ3) is 4.16. The van der Waals surface area contributed by atoms with Crippen molar-refractivity contribution in [3.05, 3.63) is 58.7 Å². The molecule has 148 valence electrons. The first-order valence-electron chi connectivity index (χ1n) is 9.03. The number of halogens is 1. The number of benzene rings is 2. The van der Waals surface area contributed by atoms with Crippen molar-refractivity contribution in [3.8, 4) is 22.6 Å². The molecule has 0 aliphatic carbocycles. The summed E-state index contributed by atoms with van der Waals surface area (Å²) in [6.45, 7) is 2.18. The molecule has 1 aromatic heterocycles. The molecule has 0 radical (unpaired) electrons. The first-order chi connectivity index (χ1) is 14.0. The molecule has 2 heterocycles. The molecule has 0 spiro atoms. The third-order valence-electron chi connectivity index (χ3n) is 4.49. The molecule has 0 saturated carbocycles. The minimum atomic E-state index is -0.0460. The molecule has 0 fully saturated rings. The molecular weight excluding hydrogens is 410 g/mol. The SMILES string of the molecule is CCc1nc(SCC(=O)c2ccc3c(c2)OCO3)nc(N)c1-c1ccc(Cl)cc1. The fraction of sp³-hybridized carbons (Fsp3) is 0.190. The highest BCUT2D eigenvalue weighted by atomic mass is 35.5. The van der Waals surface area contributed by atoms with Crippen molar-refractivity contribution in [2.45, 2.75) is 18.5 Å². The van der Waals surface area contributed by atoms with E-state index in [4.69, 9.17) is 26.8 Å². The lowest BCUT2D eigenvalue weighted by Gasteiger charge is -2.12. The van der Waals surface area contributed by atoms with Gasteiger partial charge in [0.25, 0.3) is 0 Å². The maximum Gasteiger partial charge on any atom is 0.231 e. The van der Waals surface area contributed by atoms with Crippen LogP contribution in [0.25, 0.3) is 11.1 Å². The summed E-state index contributed by atoms with van der Waals surface area (Å²) in [7, 11) is 0. The molecule has 3 aromatic rings. The van der Waals surface area contributed by atoms with Crippen molar-refractivity contribution in [1.82, 2.24) is 9.97 Å². The van der Waals surface area contributed by atoms with Gasteiger partial charge in [0.15, 0.2) is 22.4 Å². The van der Waals surface area contributed by atoms with Crippen molar-refractivity contribution >= 4 is 35.0 Å². The topological polar surface area (TPSA) is 87.3 Å². The van der Waals surface area contributed by atoms with E-state index in [0.29, 0.717) is 39.5 Å². The van der Waals surface area contributed by atoms with Crippen LogP contribution in [0.1, 0.15) is 23.0 Å². The van der Waals surface area contributed by atoms with Gasteiger partial charge in [-0.2, -0.15) is 0 Å². The van der Waals surface area contributed by atoms with Crippen LogP contribution < -0.4 is 15.2 Å². The molecule has 1 aliphatic rings. The highest BCUT2D eigenvalue weighted by Gasteiger charge is 2.18. The van der Waals surface area contributed by atoms with Gasteiger partial charge in [0, 0.05) is 16.1 Å². The number of aryl methyl sites for hydroxylation is 1. The lowest BCUT2D eigenvalue weighted by Crippen LogP contribution is -2.07. The predicted octanol–water partition coefficient (Wildman–Crippen LogP) is 4.65. The molecule has 4 rings (SSSR count). The van der Waals surface area contributed by atoms with Gasteiger partial charge < -0.3 is 15.2 Å². The van der Waals surface area contributed by atoms with Gasteiger partial charge in [-0.25, -0.2) is 9.97 Å². The zero-order valence-corrected chi connectivity index (χ0v) is 17.2. The van der Waals surface area contributed by atoms with E-state index in [1.54, 1.807) is 18.2 Å². The average molecular weight is 428 g/mol. The predicted molar refractivity (Wildman–Crippen MR) is 114 cm³/mol. The van der Waals surface area contributed by atoms with Gasteiger partial charge >= 0.3 is 0 Å². The molecule has 8 heteroatoms. The van der Waals surface area contributed by atoms with Crippen LogP contribution in [0.15, 0.2) is 47.6 Å². The number of nitrogens with zero attached hydrogens (tertiary/aromatic N) is 2. The molecule has 29 heavy (non-hydrogen) atoms. The fourth-order valence-electron chi connectivity index (χ4n) is 3.04. The number of Topliss-reactive ketones (excluding diaryl/α,β-unsaturated/α-hetero) is 1. The Morgan fingerprint density at radius 3 is 2.66 bits per heavy atom. The summed E-state index contributed by atoms with van der Waals surface area (Å²) in [6, 6.07) is 12.6. The highest BCUT2D eigenvalue weighted by Crippen LogP contribution is 2.34. The van der Waals surface area contributed by atoms with Gasteiger partial charge in [-0.15, -0.1) is 0 Å². The zero-order chi connectivity index (χ0) is 20.4. The standard InChI is InChI=1S/C21H18ClN3O3S/c1-2-15-19(12-3-6-14(22)7-4-12)20(23)25-21(24-15)29-10-16(26)13-5-8-17-18(9-13)28-11-27-17/h3-9H,2,10-11H2,1H3,(H2,23,24,25). The summed E-state index contributed by atoms with van der Waals surface area (Å²) in [5.41, 5.74) is 9.34. The Hall–Kier alpha value is -2.77. The van der Waals surface area contributed by atoms with E-state index in [-0.39, 0.29) is 18.3 Å². The number of ketones is 1. The largest absolute Gasteiger partial charge is 0.454 e. The first kappa shape index (κ1) is 19.5. The van der Waals surface area contributed by atoms with Gasteiger partial charge in [-0.3, -0.25) is 4.79 Å². The highest BCUT2D eigenvalue weighted by molar-refractivity contribution is 7.99. The lowest BCUT2D eigenvalue weighted by molar-refractivity contribution is 0.102. The summed E-state index contributed by atoms with van der Waals surface area (Å²) in [5, 5.41) is 1.13. The van der Waals surface area contributed by atoms with Crippen LogP contribution >= 0.6 is 23.4 Å². The Bertz CT molecular complexity index is 1070. The smallest absolute Gasteiger partial charge is 0.231 e. The monoisotopic (exact) mass is 427 g/mol. The molecular formula is C21H18ClN3O3S. The van der Waals surface area contributed by atoms with Gasteiger partial charge in [0.05, 0.1) is 11.4 Å². The Kier molecular flexibility index (Phi) is 5.60. The molecule has 0 bridgehead atoms. The van der Waals surface area contributed by atoms with E-state index in [1.165, 1.54) is 11.8 Å². The van der Waals surface area contributed by atoms with Gasteiger partial charge in [0.2, 0.25) is 6.79 Å². The lowest BCUT2D eigenvalue weighted by atomic mass is 10.0. The van der Waals surface area contributed by atoms with Crippen LogP contribution in [0, 0.1) is 0 Å². The number of nitrogens with two attached hydrogens (primary N) is 1. The number of nitrogen functional groups attached to an aromatic ring is 1. The third-order valence-corrected chi connectivity index (χ3v) is 5.59. The number of carbonyl (C=O) groups is 1. The molecule has 0 atom stereocenters. The van der Waals surface area contributed by atoms with Crippen LogP contribution in [0.5, 0.6) is 11.5 Å². The Balaban J connectivity index is 1.52. The normalized spacial score (nSPS) is 12.2. The second kappa shape index (κ2) is 8.31. The number of hydrogen-bond donors (Lipinski definition) is 1. The second-order valence-corrected chi connectivity index (χ2v) is 7.73. The average Bonchev–Trinajstić information content (AvgIpc) is 3.20. The molecule has 0 unspecified atom stereocenters. The summed E-state index contributed by atoms with van der Waals surface area (Å²) in [4.78, 5) is 21.6. The van der Waals surface area contributed by atoms with Crippen molar-refractivity contribution < 1.29 is 14.3 Å². The molecule has 6 nitrogen and oxygen atoms in total. The molecule has 0 amide bonds. The summed E-state index contributed by atoms with van der Waals surface area (Å²) < 4.78 is 10.6. The second-order valence-electron chi connectivity index (χ2n) is 6.35. The molecule has 2 aromatic carbocycles. The number of anilines is 1. The number of hydrogen-bond acceptors (Lipinski definition) is 7. The van der Waals surface area contributed by atoms with Crippen molar-refractivity contribution in [1.29, 1.82) is 0 Å². The van der Waals surface area contributed by atoms with E-state index in [1.807, 2.05) is 31.2 Å². The zero-order valence-electron chi connectivity index (χ0n) is 15.6. The van der Waals surface area contributed by atoms with E-state index in [9.17, 15) is 4.79 Å². The Morgan fingerprint density at radius 1 is 1.14 bits per heavy atom. The molecule has 1 aliphatic heterocycles. The Labute approximate surface area is 177 Å². The number of ether oxygens (including phenoxy) is 2. The molecule has 2 N–H and O–H groups in total. The minimum absolute atomic E-state index is 0.0460. The van der Waals surface area contributed by atoms with Gasteiger partial charge in [0.1, 0.15) is 5.82 Å². The summed E-state index contributed by atoms with van der Waals surface area (Å²) in [6.07, 6.45) is 0.689. The van der Waals surface area contributed by atoms with E-state index in [0.717, 1.165) is 16.8 Å². The minimum Gasteiger partial charge on any atom is -0.454 e. The maximum absolute atomic E-state index is 12.6. The van der Waals surface area contributed by atoms with Gasteiger partial charge in [-0.05, 0) is 42.3 Å². The number of rotatable bonds is 6. The summed E-state index contributed by atoms with van der Waals surface area (Å²) >= 11 is 7.24. The van der Waals surface area contributed by atoms with E-state index in [2.05, 4.69) is 9.97 Å². The van der Waals surface area contributed by atoms with Crippen LogP contribution in [0.3, 0.4) is 0 Å². The van der Waals surface area contributed by atoms with Crippen molar-refractivity contribution in [2.24, 2.45) is 0 Å².